The van der Waals surface area contributed by atoms with Crippen LogP contribution in [0.4, 0.5) is 25.4 Å². The number of urea groups is 2. The van der Waals surface area contributed by atoms with Crippen molar-refractivity contribution in [1.82, 2.24) is 19.6 Å². The van der Waals surface area contributed by atoms with Gasteiger partial charge in [-0.3, -0.25) is 9.58 Å². The van der Waals surface area contributed by atoms with Crippen LogP contribution >= 0.6 is 11.6 Å². The monoisotopic (exact) mass is 448 g/mol. The molecule has 3 aliphatic heterocycles. The molecule has 9 nitrogen and oxygen atoms in total. The fourth-order valence-electron chi connectivity index (χ4n) is 4.36. The molecule has 1 unspecified atom stereocenters. The summed E-state index contributed by atoms with van der Waals surface area (Å²) in [4.78, 5) is 31.1. The lowest BCUT2D eigenvalue weighted by Gasteiger charge is -2.35. The van der Waals surface area contributed by atoms with Crippen molar-refractivity contribution < 1.29 is 18.7 Å². The predicted octanol–water partition coefficient (Wildman–Crippen LogP) is 2.75. The Kier molecular flexibility index (Phi) is 4.98. The number of halogens is 2. The molecule has 2 aromatic rings. The molecular formula is C20H22ClFN6O3. The van der Waals surface area contributed by atoms with Gasteiger partial charge in [0.25, 0.3) is 0 Å². The predicted molar refractivity (Wildman–Crippen MR) is 112 cm³/mol. The molecular weight excluding hydrogens is 427 g/mol. The smallest absolute Gasteiger partial charge is 0.325 e. The lowest BCUT2D eigenvalue weighted by atomic mass is 10.2. The van der Waals surface area contributed by atoms with E-state index in [0.717, 1.165) is 5.69 Å². The first kappa shape index (κ1) is 20.1. The van der Waals surface area contributed by atoms with Gasteiger partial charge in [0.2, 0.25) is 0 Å². The van der Waals surface area contributed by atoms with Crippen LogP contribution < -0.4 is 10.2 Å². The minimum atomic E-state index is -0.545. The van der Waals surface area contributed by atoms with Gasteiger partial charge in [-0.05, 0) is 25.1 Å². The highest BCUT2D eigenvalue weighted by atomic mass is 35.5. The average Bonchev–Trinajstić information content (AvgIpc) is 3.30. The molecule has 5 rings (SSSR count). The number of benzene rings is 1. The minimum Gasteiger partial charge on any atom is -0.377 e. The number of rotatable bonds is 2. The molecule has 2 saturated heterocycles. The number of nitrogens with zero attached hydrogens (tertiary/aromatic N) is 5. The highest BCUT2D eigenvalue weighted by molar-refractivity contribution is 6.31. The fourth-order valence-corrected chi connectivity index (χ4v) is 4.54. The normalized spacial score (nSPS) is 23.1. The van der Waals surface area contributed by atoms with Crippen LogP contribution in [0.1, 0.15) is 12.6 Å². The number of aromatic nitrogens is 2. The number of morpholine rings is 1. The molecule has 1 N–H and O–H groups in total. The summed E-state index contributed by atoms with van der Waals surface area (Å²) >= 11 is 5.82. The third kappa shape index (κ3) is 3.49. The van der Waals surface area contributed by atoms with Gasteiger partial charge in [-0.1, -0.05) is 11.6 Å². The van der Waals surface area contributed by atoms with Crippen LogP contribution in [0, 0.1) is 5.82 Å². The van der Waals surface area contributed by atoms with Crippen LogP contribution in [-0.2, 0) is 17.8 Å². The van der Waals surface area contributed by atoms with E-state index in [2.05, 4.69) is 10.4 Å². The van der Waals surface area contributed by atoms with Gasteiger partial charge in [0.15, 0.2) is 0 Å². The molecule has 164 valence electrons. The van der Waals surface area contributed by atoms with E-state index in [4.69, 9.17) is 16.3 Å². The largest absolute Gasteiger partial charge is 0.377 e. The highest BCUT2D eigenvalue weighted by Gasteiger charge is 2.42. The van der Waals surface area contributed by atoms with Crippen molar-refractivity contribution in [3.05, 3.63) is 40.9 Å². The van der Waals surface area contributed by atoms with Crippen molar-refractivity contribution in [1.29, 1.82) is 0 Å². The highest BCUT2D eigenvalue weighted by Crippen LogP contribution is 2.32. The van der Waals surface area contributed by atoms with Gasteiger partial charge in [0, 0.05) is 12.2 Å². The zero-order chi connectivity index (χ0) is 21.7. The molecule has 11 heteroatoms. The first-order valence-corrected chi connectivity index (χ1v) is 10.5. The van der Waals surface area contributed by atoms with Gasteiger partial charge in [-0.2, -0.15) is 5.10 Å². The first-order chi connectivity index (χ1) is 14.9. The molecule has 0 radical (unpaired) electrons. The molecule has 0 saturated carbocycles. The summed E-state index contributed by atoms with van der Waals surface area (Å²) in [5.74, 6) is -0.545. The van der Waals surface area contributed by atoms with Crippen molar-refractivity contribution >= 4 is 35.0 Å². The number of ether oxygens (including phenoxy) is 1. The van der Waals surface area contributed by atoms with E-state index < -0.39 is 5.82 Å². The number of fused-ring (bicyclic) bond motifs is 2. The van der Waals surface area contributed by atoms with Gasteiger partial charge >= 0.3 is 12.1 Å². The summed E-state index contributed by atoms with van der Waals surface area (Å²) in [6.45, 7) is 4.91. The van der Waals surface area contributed by atoms with Crippen LogP contribution in [0.2, 0.25) is 5.02 Å². The summed E-state index contributed by atoms with van der Waals surface area (Å²) in [5, 5.41) is 7.17. The van der Waals surface area contributed by atoms with Gasteiger partial charge in [-0.15, -0.1) is 0 Å². The number of nitrogens with one attached hydrogen (secondary N) is 1. The van der Waals surface area contributed by atoms with Crippen molar-refractivity contribution in [3.8, 4) is 0 Å². The van der Waals surface area contributed by atoms with E-state index in [0.29, 0.717) is 50.8 Å². The summed E-state index contributed by atoms with van der Waals surface area (Å²) in [6.07, 6.45) is 1.69. The van der Waals surface area contributed by atoms with Gasteiger partial charge < -0.3 is 19.9 Å². The number of carbonyl (C=O) groups is 2. The van der Waals surface area contributed by atoms with E-state index in [1.54, 1.807) is 16.0 Å². The summed E-state index contributed by atoms with van der Waals surface area (Å²) in [6, 6.07) is 3.58. The molecule has 0 aliphatic carbocycles. The van der Waals surface area contributed by atoms with E-state index in [1.165, 1.54) is 18.2 Å². The van der Waals surface area contributed by atoms with Crippen LogP contribution in [0.15, 0.2) is 24.4 Å². The second-order valence-electron chi connectivity index (χ2n) is 8.01. The number of carbonyl (C=O) groups excluding carboxylic acids is 2. The lowest BCUT2D eigenvalue weighted by Crippen LogP contribution is -2.47. The van der Waals surface area contributed by atoms with Crippen LogP contribution in [0.25, 0.3) is 0 Å². The number of anilines is 2. The minimum absolute atomic E-state index is 0.0296. The SMILES string of the molecule is C[C@H]1Cn2ncc(N3CC4COCCN4C3=O)c2CN1C(=O)Nc1ccc(F)c(Cl)c1. The number of hydrogen-bond acceptors (Lipinski definition) is 4. The molecule has 31 heavy (non-hydrogen) atoms. The van der Waals surface area contributed by atoms with Crippen molar-refractivity contribution in [2.24, 2.45) is 0 Å². The third-order valence-electron chi connectivity index (χ3n) is 6.04. The van der Waals surface area contributed by atoms with E-state index in [1.807, 2.05) is 16.5 Å². The third-order valence-corrected chi connectivity index (χ3v) is 6.33. The molecule has 2 atom stereocenters. The van der Waals surface area contributed by atoms with Crippen LogP contribution in [-0.4, -0.2) is 70.0 Å². The van der Waals surface area contributed by atoms with Gasteiger partial charge in [0.1, 0.15) is 5.82 Å². The van der Waals surface area contributed by atoms with Crippen molar-refractivity contribution in [2.45, 2.75) is 32.1 Å². The Labute approximate surface area is 183 Å². The molecule has 1 aromatic heterocycles. The topological polar surface area (TPSA) is 82.9 Å². The first-order valence-electron chi connectivity index (χ1n) is 10.2. The van der Waals surface area contributed by atoms with Crippen LogP contribution in [0.5, 0.6) is 0 Å². The fraction of sp³-hybridized carbons (Fsp3) is 0.450. The standard InChI is InChI=1S/C20H22ClFN6O3/c1-12-8-28-18(10-26(12)19(29)24-13-2-3-16(22)15(21)6-13)17(7-23-28)27-9-14-11-31-5-4-25(14)20(27)30/h2-3,6-7,12,14H,4-5,8-11H2,1H3,(H,24,29)/t12-,14?/m0/s1. The zero-order valence-electron chi connectivity index (χ0n) is 16.9. The Balaban J connectivity index is 1.36. The summed E-state index contributed by atoms with van der Waals surface area (Å²) in [5.41, 5.74) is 1.93. The van der Waals surface area contributed by atoms with Crippen LogP contribution in [0.3, 0.4) is 0 Å². The zero-order valence-corrected chi connectivity index (χ0v) is 17.7. The lowest BCUT2D eigenvalue weighted by molar-refractivity contribution is 0.0300. The molecule has 3 aliphatic rings. The molecule has 4 amide bonds. The Morgan fingerprint density at radius 3 is 2.97 bits per heavy atom. The molecule has 2 fully saturated rings. The van der Waals surface area contributed by atoms with Crippen molar-refractivity contribution in [3.63, 3.8) is 0 Å². The molecule has 4 heterocycles. The Bertz CT molecular complexity index is 1050. The van der Waals surface area contributed by atoms with Gasteiger partial charge in [0.05, 0.1) is 67.5 Å². The Morgan fingerprint density at radius 2 is 2.19 bits per heavy atom. The Hall–Kier alpha value is -2.85. The second kappa shape index (κ2) is 7.69. The summed E-state index contributed by atoms with van der Waals surface area (Å²) < 4.78 is 20.8. The Morgan fingerprint density at radius 1 is 1.35 bits per heavy atom. The molecule has 0 spiro atoms. The van der Waals surface area contributed by atoms with E-state index >= 15 is 0 Å². The maximum Gasteiger partial charge on any atom is 0.325 e. The maximum atomic E-state index is 13.4. The van der Waals surface area contributed by atoms with Crippen molar-refractivity contribution in [2.75, 3.05) is 36.5 Å². The average molecular weight is 449 g/mol. The second-order valence-corrected chi connectivity index (χ2v) is 8.42. The summed E-state index contributed by atoms with van der Waals surface area (Å²) in [7, 11) is 0. The molecule has 0 bridgehead atoms. The van der Waals surface area contributed by atoms with Gasteiger partial charge in [-0.25, -0.2) is 14.0 Å². The maximum absolute atomic E-state index is 13.4. The van der Waals surface area contributed by atoms with E-state index in [9.17, 15) is 14.0 Å². The quantitative estimate of drug-likeness (QED) is 0.765. The number of hydrogen-bond donors (Lipinski definition) is 1. The molecule has 1 aromatic carbocycles. The number of amides is 4. The van der Waals surface area contributed by atoms with E-state index in [-0.39, 0.29) is 29.2 Å².